The molecule has 1 aromatic heterocycles. The van der Waals surface area contributed by atoms with Crippen molar-refractivity contribution in [3.8, 4) is 5.75 Å². The van der Waals surface area contributed by atoms with Crippen LogP contribution in [0.5, 0.6) is 5.75 Å². The van der Waals surface area contributed by atoms with Crippen LogP contribution >= 0.6 is 11.6 Å². The smallest absolute Gasteiger partial charge is 0.130 e. The second-order valence-electron chi connectivity index (χ2n) is 5.66. The molecule has 1 N–H and O–H groups in total. The summed E-state index contributed by atoms with van der Waals surface area (Å²) in [5.74, 6) is 0.829. The van der Waals surface area contributed by atoms with Crippen molar-refractivity contribution in [2.75, 3.05) is 0 Å². The third kappa shape index (κ3) is 2.07. The fraction of sp³-hybridized carbons (Fsp3) is 0.400. The van der Waals surface area contributed by atoms with Crippen LogP contribution in [0.3, 0.4) is 0 Å². The lowest BCUT2D eigenvalue weighted by atomic mass is 9.90. The molecule has 0 fully saturated rings. The van der Waals surface area contributed by atoms with Gasteiger partial charge in [-0.3, -0.25) is 0 Å². The van der Waals surface area contributed by atoms with Crippen molar-refractivity contribution in [2.24, 2.45) is 0 Å². The van der Waals surface area contributed by atoms with E-state index in [1.54, 1.807) is 0 Å². The summed E-state index contributed by atoms with van der Waals surface area (Å²) in [7, 11) is 0. The molecule has 0 bridgehead atoms. The highest BCUT2D eigenvalue weighted by Gasteiger charge is 2.35. The molecule has 0 aliphatic carbocycles. The molecular formula is C15H16ClNO2. The van der Waals surface area contributed by atoms with Gasteiger partial charge in [-0.15, -0.1) is 0 Å². The van der Waals surface area contributed by atoms with Gasteiger partial charge in [0.2, 0.25) is 0 Å². The van der Waals surface area contributed by atoms with Gasteiger partial charge in [0, 0.05) is 11.8 Å². The Morgan fingerprint density at radius 1 is 1.37 bits per heavy atom. The first-order chi connectivity index (χ1) is 8.87. The number of fused-ring (bicyclic) bond motifs is 2. The standard InChI is InChI=1S/C15H16ClNO2/c1-8-4-14(16)17-11-5-9-6-13(18)15(2,3)19-12(9)7-10(8)11/h4-5,7,13,18H,6H2,1-3H3/t13-/m1/s1. The van der Waals surface area contributed by atoms with Crippen molar-refractivity contribution in [1.82, 2.24) is 4.98 Å². The molecule has 2 heterocycles. The Balaban J connectivity index is 2.22. The minimum Gasteiger partial charge on any atom is -0.485 e. The SMILES string of the molecule is Cc1cc(Cl)nc2cc3c(cc12)OC(C)(C)[C@H](O)C3. The number of nitrogens with zero attached hydrogens (tertiary/aromatic N) is 1. The zero-order valence-electron chi connectivity index (χ0n) is 11.2. The van der Waals surface area contributed by atoms with Crippen molar-refractivity contribution >= 4 is 22.5 Å². The molecule has 1 atom stereocenters. The minimum absolute atomic E-state index is 0.488. The van der Waals surface area contributed by atoms with E-state index in [9.17, 15) is 5.11 Å². The van der Waals surface area contributed by atoms with Crippen LogP contribution in [0.1, 0.15) is 25.0 Å². The van der Waals surface area contributed by atoms with Crippen molar-refractivity contribution in [1.29, 1.82) is 0 Å². The highest BCUT2D eigenvalue weighted by atomic mass is 35.5. The van der Waals surface area contributed by atoms with Crippen molar-refractivity contribution < 1.29 is 9.84 Å². The molecule has 3 nitrogen and oxygen atoms in total. The van der Waals surface area contributed by atoms with Gasteiger partial charge in [-0.1, -0.05) is 11.6 Å². The highest BCUT2D eigenvalue weighted by Crippen LogP contribution is 2.36. The monoisotopic (exact) mass is 277 g/mol. The number of pyridine rings is 1. The molecule has 0 saturated heterocycles. The average molecular weight is 278 g/mol. The van der Waals surface area contributed by atoms with Gasteiger partial charge in [0.05, 0.1) is 11.6 Å². The van der Waals surface area contributed by atoms with E-state index in [1.807, 2.05) is 39.0 Å². The zero-order valence-corrected chi connectivity index (χ0v) is 12.0. The molecule has 0 radical (unpaired) electrons. The van der Waals surface area contributed by atoms with Crippen LogP contribution in [-0.2, 0) is 6.42 Å². The first-order valence-corrected chi connectivity index (χ1v) is 6.71. The van der Waals surface area contributed by atoms with Crippen LogP contribution in [0.25, 0.3) is 10.9 Å². The van der Waals surface area contributed by atoms with E-state index >= 15 is 0 Å². The van der Waals surface area contributed by atoms with Crippen LogP contribution in [0, 0.1) is 6.92 Å². The van der Waals surface area contributed by atoms with Gasteiger partial charge in [-0.25, -0.2) is 4.98 Å². The normalized spacial score (nSPS) is 21.0. The second kappa shape index (κ2) is 4.09. The van der Waals surface area contributed by atoms with Gasteiger partial charge in [0.15, 0.2) is 0 Å². The Hall–Kier alpha value is -1.32. The number of aromatic nitrogens is 1. The summed E-state index contributed by atoms with van der Waals surface area (Å²) < 4.78 is 5.91. The molecule has 1 aliphatic heterocycles. The number of aliphatic hydroxyl groups excluding tert-OH is 1. The summed E-state index contributed by atoms with van der Waals surface area (Å²) in [6, 6.07) is 5.80. The average Bonchev–Trinajstić information content (AvgIpc) is 2.29. The van der Waals surface area contributed by atoms with Crippen LogP contribution in [0.2, 0.25) is 5.15 Å². The van der Waals surface area contributed by atoms with Gasteiger partial charge in [-0.2, -0.15) is 0 Å². The number of benzene rings is 1. The van der Waals surface area contributed by atoms with Gasteiger partial charge in [0.25, 0.3) is 0 Å². The second-order valence-corrected chi connectivity index (χ2v) is 6.05. The summed E-state index contributed by atoms with van der Waals surface area (Å²) in [5, 5.41) is 11.6. The van der Waals surface area contributed by atoms with Crippen molar-refractivity contribution in [3.05, 3.63) is 34.5 Å². The highest BCUT2D eigenvalue weighted by molar-refractivity contribution is 6.29. The Bertz CT molecular complexity index is 667. The van der Waals surface area contributed by atoms with Gasteiger partial charge in [-0.05, 0) is 50.1 Å². The molecule has 0 amide bonds. The maximum Gasteiger partial charge on any atom is 0.130 e. The van der Waals surface area contributed by atoms with E-state index in [2.05, 4.69) is 4.98 Å². The summed E-state index contributed by atoms with van der Waals surface area (Å²) in [4.78, 5) is 4.33. The topological polar surface area (TPSA) is 42.4 Å². The maximum absolute atomic E-state index is 10.1. The van der Waals surface area contributed by atoms with Crippen LogP contribution in [0.15, 0.2) is 18.2 Å². The van der Waals surface area contributed by atoms with Gasteiger partial charge >= 0.3 is 0 Å². The Kier molecular flexibility index (Phi) is 2.73. The van der Waals surface area contributed by atoms with Gasteiger partial charge in [0.1, 0.15) is 16.5 Å². The van der Waals surface area contributed by atoms with Crippen LogP contribution < -0.4 is 4.74 Å². The number of hydrogen-bond donors (Lipinski definition) is 1. The molecule has 0 unspecified atom stereocenters. The minimum atomic E-state index is -0.561. The lowest BCUT2D eigenvalue weighted by Crippen LogP contribution is -2.46. The van der Waals surface area contributed by atoms with E-state index in [1.165, 1.54) is 0 Å². The van der Waals surface area contributed by atoms with E-state index in [0.717, 1.165) is 27.8 Å². The number of ether oxygens (including phenoxy) is 1. The van der Waals surface area contributed by atoms with Crippen LogP contribution in [-0.4, -0.2) is 21.8 Å². The molecule has 19 heavy (non-hydrogen) atoms. The molecule has 1 aromatic carbocycles. The molecule has 1 aliphatic rings. The lowest BCUT2D eigenvalue weighted by molar-refractivity contribution is -0.0410. The number of hydrogen-bond acceptors (Lipinski definition) is 3. The van der Waals surface area contributed by atoms with Gasteiger partial charge < -0.3 is 9.84 Å². The lowest BCUT2D eigenvalue weighted by Gasteiger charge is -2.37. The summed E-state index contributed by atoms with van der Waals surface area (Å²) in [6.07, 6.45) is 0.0589. The summed E-state index contributed by atoms with van der Waals surface area (Å²) in [6.45, 7) is 5.81. The van der Waals surface area contributed by atoms with Crippen molar-refractivity contribution in [2.45, 2.75) is 38.9 Å². The first kappa shape index (κ1) is 12.7. The maximum atomic E-state index is 10.1. The molecule has 3 rings (SSSR count). The zero-order chi connectivity index (χ0) is 13.8. The predicted molar refractivity (Wildman–Crippen MR) is 75.9 cm³/mol. The molecule has 0 spiro atoms. The fourth-order valence-electron chi connectivity index (χ4n) is 2.48. The molecule has 4 heteroatoms. The molecular weight excluding hydrogens is 262 g/mol. The first-order valence-electron chi connectivity index (χ1n) is 6.34. The summed E-state index contributed by atoms with van der Waals surface area (Å²) >= 11 is 5.99. The predicted octanol–water partition coefficient (Wildman–Crippen LogP) is 3.27. The van der Waals surface area contributed by atoms with E-state index in [0.29, 0.717) is 11.6 Å². The van der Waals surface area contributed by atoms with Crippen molar-refractivity contribution in [3.63, 3.8) is 0 Å². The van der Waals surface area contributed by atoms with Crippen LogP contribution in [0.4, 0.5) is 0 Å². The number of aryl methyl sites for hydroxylation is 1. The van der Waals surface area contributed by atoms with E-state index < -0.39 is 11.7 Å². The third-order valence-corrected chi connectivity index (χ3v) is 3.95. The number of aliphatic hydroxyl groups is 1. The third-order valence-electron chi connectivity index (χ3n) is 3.76. The van der Waals surface area contributed by atoms with E-state index in [4.69, 9.17) is 16.3 Å². The Morgan fingerprint density at radius 2 is 2.11 bits per heavy atom. The molecule has 0 saturated carbocycles. The number of halogens is 1. The molecule has 100 valence electrons. The Labute approximate surface area is 117 Å². The molecule has 2 aromatic rings. The Morgan fingerprint density at radius 3 is 2.84 bits per heavy atom. The quantitative estimate of drug-likeness (QED) is 0.752. The summed E-state index contributed by atoms with van der Waals surface area (Å²) in [5.41, 5.74) is 2.34. The fourth-order valence-corrected chi connectivity index (χ4v) is 2.74. The van der Waals surface area contributed by atoms with E-state index in [-0.39, 0.29) is 0 Å². The number of rotatable bonds is 0. The largest absolute Gasteiger partial charge is 0.485 e.